The normalized spacial score (nSPS) is 25.0. The second kappa shape index (κ2) is 11.3. The van der Waals surface area contributed by atoms with Crippen LogP contribution in [0.5, 0.6) is 0 Å². The first-order valence-electron chi connectivity index (χ1n) is 13.2. The van der Waals surface area contributed by atoms with E-state index in [1.807, 2.05) is 0 Å². The average Bonchev–Trinajstić information content (AvgIpc) is 3.15. The van der Waals surface area contributed by atoms with Crippen molar-refractivity contribution in [2.75, 3.05) is 13.7 Å². The predicted molar refractivity (Wildman–Crippen MR) is 144 cm³/mol. The summed E-state index contributed by atoms with van der Waals surface area (Å²) < 4.78 is 8.61. The third-order valence-electron chi connectivity index (χ3n) is 7.95. The molecule has 4 N–H and O–H groups in total. The number of nitrogens with two attached hydrogens (primary N) is 1. The van der Waals surface area contributed by atoms with Crippen molar-refractivity contribution in [3.8, 4) is 0 Å². The number of ketones is 1. The third kappa shape index (κ3) is 6.48. The number of Topliss-reactive ketones (excluding diaryl/α,β-unsaturated/α-hetero) is 1. The number of primary amides is 1. The maximum Gasteiger partial charge on any atom is 0.408 e. The molecule has 3 aliphatic rings. The minimum absolute atomic E-state index is 0.0304. The van der Waals surface area contributed by atoms with Gasteiger partial charge in [-0.15, -0.1) is 23.2 Å². The average molecular weight is 606 g/mol. The summed E-state index contributed by atoms with van der Waals surface area (Å²) in [5.41, 5.74) is 2.76. The summed E-state index contributed by atoms with van der Waals surface area (Å²) in [6.07, 6.45) is 1.94. The number of alkyl carbamates (subject to hydrolysis) is 1. The molecule has 0 radical (unpaired) electrons. The predicted octanol–water partition coefficient (Wildman–Crippen LogP) is 1.44. The molecule has 224 valence electrons. The topological polar surface area (TPSA) is 174 Å². The zero-order chi connectivity index (χ0) is 30.4. The number of rotatable bonds is 10. The molecule has 1 heterocycles. The molecule has 2 aliphatic carbocycles. The van der Waals surface area contributed by atoms with Crippen LogP contribution in [-0.4, -0.2) is 82.2 Å². The van der Waals surface area contributed by atoms with Crippen LogP contribution in [-0.2, 0) is 33.4 Å². The molecular formula is C26H38Cl2N4O8. The number of nitrogens with zero attached hydrogens (tertiary/aromatic N) is 1. The minimum atomic E-state index is -1.62. The van der Waals surface area contributed by atoms with Gasteiger partial charge in [-0.25, -0.2) is 9.59 Å². The van der Waals surface area contributed by atoms with Gasteiger partial charge >= 0.3 is 12.1 Å². The molecule has 1 unspecified atom stereocenters. The fourth-order valence-electron chi connectivity index (χ4n) is 5.34. The smallest absolute Gasteiger partial charge is 0.408 e. The van der Waals surface area contributed by atoms with Gasteiger partial charge in [0.2, 0.25) is 23.2 Å². The lowest BCUT2D eigenvalue weighted by Crippen LogP contribution is -2.61. The van der Waals surface area contributed by atoms with E-state index < -0.39 is 80.9 Å². The zero-order valence-electron chi connectivity index (χ0n) is 23.5. The first kappa shape index (κ1) is 31.9. The number of fused-ring (bicyclic) bond motifs is 1. The van der Waals surface area contributed by atoms with Crippen molar-refractivity contribution in [3.05, 3.63) is 0 Å². The molecule has 0 spiro atoms. The fourth-order valence-corrected chi connectivity index (χ4v) is 6.16. The van der Waals surface area contributed by atoms with Gasteiger partial charge in [0.25, 0.3) is 5.91 Å². The zero-order valence-corrected chi connectivity index (χ0v) is 25.1. The number of methoxy groups -OCH3 is 1. The molecule has 14 heteroatoms. The van der Waals surface area contributed by atoms with Gasteiger partial charge in [0, 0.05) is 18.4 Å². The highest BCUT2D eigenvalue weighted by molar-refractivity contribution is 6.51. The summed E-state index contributed by atoms with van der Waals surface area (Å²) in [6, 6.07) is -3.48. The van der Waals surface area contributed by atoms with Crippen molar-refractivity contribution in [2.24, 2.45) is 28.9 Å². The van der Waals surface area contributed by atoms with Gasteiger partial charge in [-0.3, -0.25) is 19.2 Å². The largest absolute Gasteiger partial charge is 0.466 e. The van der Waals surface area contributed by atoms with Gasteiger partial charge in [-0.1, -0.05) is 40.0 Å². The van der Waals surface area contributed by atoms with Gasteiger partial charge in [-0.2, -0.15) is 0 Å². The molecule has 40 heavy (non-hydrogen) atoms. The van der Waals surface area contributed by atoms with Crippen LogP contribution in [0.25, 0.3) is 0 Å². The van der Waals surface area contributed by atoms with Crippen LogP contribution in [0.15, 0.2) is 0 Å². The lowest BCUT2D eigenvalue weighted by atomic mass is 9.80. The molecule has 2 saturated carbocycles. The maximum absolute atomic E-state index is 13.9. The molecule has 0 aromatic heterocycles. The van der Waals surface area contributed by atoms with E-state index in [0.717, 1.165) is 26.4 Å². The lowest BCUT2D eigenvalue weighted by Gasteiger charge is -2.37. The quantitative estimate of drug-likeness (QED) is 0.191. The van der Waals surface area contributed by atoms with Crippen molar-refractivity contribution in [1.82, 2.24) is 15.5 Å². The van der Waals surface area contributed by atoms with Crippen molar-refractivity contribution < 1.29 is 38.2 Å². The number of hydrogen-bond acceptors (Lipinski definition) is 8. The van der Waals surface area contributed by atoms with E-state index in [2.05, 4.69) is 15.4 Å². The maximum atomic E-state index is 13.9. The van der Waals surface area contributed by atoms with E-state index >= 15 is 0 Å². The molecule has 12 nitrogen and oxygen atoms in total. The van der Waals surface area contributed by atoms with Crippen LogP contribution >= 0.6 is 23.2 Å². The van der Waals surface area contributed by atoms with Crippen LogP contribution in [0, 0.1) is 23.2 Å². The molecule has 3 rings (SSSR count). The highest BCUT2D eigenvalue weighted by atomic mass is 35.5. The van der Waals surface area contributed by atoms with Crippen LogP contribution in [0.3, 0.4) is 0 Å². The number of likely N-dealkylation sites (tertiary alicyclic amines) is 1. The van der Waals surface area contributed by atoms with E-state index in [-0.39, 0.29) is 18.9 Å². The molecule has 0 aromatic rings. The Morgan fingerprint density at radius 3 is 2.12 bits per heavy atom. The van der Waals surface area contributed by atoms with Crippen molar-refractivity contribution in [2.45, 2.75) is 88.4 Å². The summed E-state index contributed by atoms with van der Waals surface area (Å²) in [6.45, 7) is 7.84. The van der Waals surface area contributed by atoms with Crippen LogP contribution in [0.2, 0.25) is 0 Å². The van der Waals surface area contributed by atoms with Gasteiger partial charge in [0.1, 0.15) is 16.4 Å². The molecule has 3 fully saturated rings. The number of ether oxygens (including phenoxy) is 2. The van der Waals surface area contributed by atoms with Crippen molar-refractivity contribution in [3.63, 3.8) is 0 Å². The second-order valence-electron chi connectivity index (χ2n) is 12.4. The summed E-state index contributed by atoms with van der Waals surface area (Å²) in [4.78, 5) is 77.7. The van der Waals surface area contributed by atoms with Gasteiger partial charge < -0.3 is 30.7 Å². The third-order valence-corrected chi connectivity index (χ3v) is 9.02. The highest BCUT2D eigenvalue weighted by Crippen LogP contribution is 2.65. The number of halogens is 2. The van der Waals surface area contributed by atoms with E-state index in [1.54, 1.807) is 20.8 Å². The Hall–Kier alpha value is -2.60. The van der Waals surface area contributed by atoms with E-state index in [4.69, 9.17) is 33.7 Å². The first-order chi connectivity index (χ1) is 18.3. The van der Waals surface area contributed by atoms with Gasteiger partial charge in [0.15, 0.2) is 0 Å². The number of alkyl halides is 2. The monoisotopic (exact) mass is 604 g/mol. The summed E-state index contributed by atoms with van der Waals surface area (Å²) in [7, 11) is 1.15. The molecule has 0 bridgehead atoms. The minimum Gasteiger partial charge on any atom is -0.466 e. The summed E-state index contributed by atoms with van der Waals surface area (Å²) in [5.74, 6) is -5.05. The number of esters is 1. The Balaban J connectivity index is 1.83. The molecule has 0 aromatic carbocycles. The Morgan fingerprint density at radius 2 is 1.65 bits per heavy atom. The van der Waals surface area contributed by atoms with E-state index in [1.165, 1.54) is 18.7 Å². The summed E-state index contributed by atoms with van der Waals surface area (Å²) >= 11 is 12.9. The van der Waals surface area contributed by atoms with Crippen molar-refractivity contribution in [1.29, 1.82) is 0 Å². The number of piperidine rings is 1. The molecular weight excluding hydrogens is 567 g/mol. The second-order valence-corrected chi connectivity index (χ2v) is 13.8. The van der Waals surface area contributed by atoms with E-state index in [0.29, 0.717) is 0 Å². The van der Waals surface area contributed by atoms with Gasteiger partial charge in [0.05, 0.1) is 13.2 Å². The van der Waals surface area contributed by atoms with Gasteiger partial charge in [-0.05, 0) is 31.6 Å². The summed E-state index contributed by atoms with van der Waals surface area (Å²) in [5, 5.41) is 5.14. The highest BCUT2D eigenvalue weighted by Gasteiger charge is 2.74. The Morgan fingerprint density at radius 1 is 1.05 bits per heavy atom. The number of amides is 4. The number of carbonyl (C=O) groups excluding carboxylic acids is 6. The number of hydrogen-bond donors (Lipinski definition) is 3. The Kier molecular flexibility index (Phi) is 9.06. The lowest BCUT2D eigenvalue weighted by molar-refractivity contribution is -0.159. The van der Waals surface area contributed by atoms with E-state index in [9.17, 15) is 28.8 Å². The van der Waals surface area contributed by atoms with Crippen LogP contribution < -0.4 is 16.4 Å². The molecule has 4 amide bonds. The standard InChI is InChI=1S/C26H38Cl2N4O8/c1-24(2,3)18(31-23(38)40-25(4,5)22(37)39-6)21(36)32-11-13-15(26(13,27)28)16(32)20(35)30-14(17(33)19(29)34)10-12-8-7-9-12/h12-16,18H,7-11H2,1-6H3,(H2,29,34)(H,30,35)(H,31,38)/t13-,14?,15-,16-,18+/m0/s1. The Bertz CT molecular complexity index is 1090. The Labute approximate surface area is 243 Å². The molecule has 5 atom stereocenters. The fraction of sp³-hybridized carbons (Fsp3) is 0.769. The number of nitrogens with one attached hydrogen (secondary N) is 2. The number of carbonyl (C=O) groups is 6. The van der Waals surface area contributed by atoms with Crippen LogP contribution in [0.1, 0.15) is 60.3 Å². The SMILES string of the molecule is COC(=O)C(C)(C)OC(=O)N[C@H](C(=O)N1C[C@H]2[C@@H]([C@H]1C(=O)NC(CC1CCC1)C(=O)C(N)=O)C2(Cl)Cl)C(C)(C)C. The van der Waals surface area contributed by atoms with Crippen molar-refractivity contribution >= 4 is 58.8 Å². The van der Waals surface area contributed by atoms with Crippen LogP contribution in [0.4, 0.5) is 4.79 Å². The molecule has 1 saturated heterocycles. The molecule has 1 aliphatic heterocycles. The first-order valence-corrected chi connectivity index (χ1v) is 14.0.